The number of thioether (sulfide) groups is 1. The summed E-state index contributed by atoms with van der Waals surface area (Å²) in [5.74, 6) is -1.33. The summed E-state index contributed by atoms with van der Waals surface area (Å²) in [5, 5.41) is 5.49. The lowest BCUT2D eigenvalue weighted by Crippen LogP contribution is -2.63. The number of hydrogen-bond donors (Lipinski definition) is 4. The Morgan fingerprint density at radius 1 is 1.43 bits per heavy atom. The maximum atomic E-state index is 13.2. The lowest BCUT2D eigenvalue weighted by Gasteiger charge is -2.38. The summed E-state index contributed by atoms with van der Waals surface area (Å²) >= 11 is 1.39. The molecule has 0 saturated carbocycles. The number of aromatic amines is 1. The number of primary amides is 1. The van der Waals surface area contributed by atoms with Crippen molar-refractivity contribution in [2.75, 3.05) is 12.3 Å². The molecule has 12 heteroatoms. The van der Waals surface area contributed by atoms with Crippen LogP contribution in [-0.2, 0) is 25.6 Å². The van der Waals surface area contributed by atoms with Gasteiger partial charge in [-0.3, -0.25) is 19.2 Å². The van der Waals surface area contributed by atoms with Gasteiger partial charge in [-0.1, -0.05) is 0 Å². The van der Waals surface area contributed by atoms with Crippen LogP contribution in [0.1, 0.15) is 32.4 Å². The number of carbonyl (C=O) groups is 4. The van der Waals surface area contributed by atoms with Gasteiger partial charge in [0.05, 0.1) is 17.8 Å². The Kier molecular flexibility index (Phi) is 7.48. The highest BCUT2D eigenvalue weighted by molar-refractivity contribution is 8.01. The van der Waals surface area contributed by atoms with Gasteiger partial charge in [0.2, 0.25) is 23.6 Å². The molecule has 0 bridgehead atoms. The summed E-state index contributed by atoms with van der Waals surface area (Å²) in [6.45, 7) is 4.14. The molecular formula is C18H28N6O5S. The van der Waals surface area contributed by atoms with E-state index in [9.17, 15) is 19.2 Å². The minimum absolute atomic E-state index is 0. The molecular weight excluding hydrogens is 412 g/mol. The average Bonchev–Trinajstić information content (AvgIpc) is 3.34. The Hall–Kier alpha value is -2.60. The summed E-state index contributed by atoms with van der Waals surface area (Å²) in [6.07, 6.45) is 4.47. The zero-order chi connectivity index (χ0) is 21.2. The molecule has 7 N–H and O–H groups in total. The summed E-state index contributed by atoms with van der Waals surface area (Å²) in [7, 11) is 0. The van der Waals surface area contributed by atoms with Gasteiger partial charge in [0.15, 0.2) is 0 Å². The number of amides is 4. The standard InChI is InChI=1S/C18H26N6O4S.H2O/c1-18(2)14(23-13(25)8-29-18)16(27)22-11(6-10-7-20-9-21-10)17(28)24-5-3-4-12(24)15(19)26;/h7,9,11-12,14H,3-6,8H2,1-2H3,(H2,19,26)(H,20,21)(H,22,27)(H,23,25);1H2/t11-,12-,14?;/m0./s1. The Morgan fingerprint density at radius 2 is 2.17 bits per heavy atom. The topological polar surface area (TPSA) is 182 Å². The van der Waals surface area contributed by atoms with Crippen LogP contribution in [0.3, 0.4) is 0 Å². The second-order valence-electron chi connectivity index (χ2n) is 7.81. The zero-order valence-electron chi connectivity index (χ0n) is 16.9. The van der Waals surface area contributed by atoms with Gasteiger partial charge in [0.1, 0.15) is 18.1 Å². The molecule has 1 unspecified atom stereocenters. The van der Waals surface area contributed by atoms with Gasteiger partial charge in [-0.2, -0.15) is 0 Å². The first-order chi connectivity index (χ1) is 13.7. The summed E-state index contributed by atoms with van der Waals surface area (Å²) in [5.41, 5.74) is 6.04. The highest BCUT2D eigenvalue weighted by Gasteiger charge is 2.43. The van der Waals surface area contributed by atoms with Gasteiger partial charge in [0, 0.05) is 23.9 Å². The van der Waals surface area contributed by atoms with E-state index in [0.717, 1.165) is 0 Å². The molecule has 2 fully saturated rings. The predicted octanol–water partition coefficient (Wildman–Crippen LogP) is -1.90. The quantitative estimate of drug-likeness (QED) is 0.400. The van der Waals surface area contributed by atoms with Crippen LogP contribution in [-0.4, -0.2) is 79.1 Å². The monoisotopic (exact) mass is 440 g/mol. The Morgan fingerprint density at radius 3 is 2.80 bits per heavy atom. The first-order valence-electron chi connectivity index (χ1n) is 9.50. The lowest BCUT2D eigenvalue weighted by atomic mass is 10.0. The van der Waals surface area contributed by atoms with Crippen LogP contribution in [0.5, 0.6) is 0 Å². The van der Waals surface area contributed by atoms with E-state index in [1.54, 1.807) is 6.20 Å². The van der Waals surface area contributed by atoms with Crippen LogP contribution in [0.15, 0.2) is 12.5 Å². The highest BCUT2D eigenvalue weighted by Crippen LogP contribution is 2.31. The van der Waals surface area contributed by atoms with Crippen molar-refractivity contribution in [3.05, 3.63) is 18.2 Å². The van der Waals surface area contributed by atoms with Gasteiger partial charge in [-0.15, -0.1) is 11.8 Å². The fraction of sp³-hybridized carbons (Fsp3) is 0.611. The van der Waals surface area contributed by atoms with Crippen LogP contribution in [0.2, 0.25) is 0 Å². The van der Waals surface area contributed by atoms with E-state index in [1.165, 1.54) is 23.0 Å². The van der Waals surface area contributed by atoms with Gasteiger partial charge in [-0.25, -0.2) is 4.98 Å². The second kappa shape index (κ2) is 9.47. The van der Waals surface area contributed by atoms with E-state index < -0.39 is 34.7 Å². The molecule has 4 amide bonds. The third-order valence-corrected chi connectivity index (χ3v) is 6.67. The number of aromatic nitrogens is 2. The zero-order valence-corrected chi connectivity index (χ0v) is 17.8. The van der Waals surface area contributed by atoms with E-state index in [0.29, 0.717) is 25.1 Å². The van der Waals surface area contributed by atoms with Crippen molar-refractivity contribution in [3.63, 3.8) is 0 Å². The number of imidazole rings is 1. The minimum atomic E-state index is -0.926. The Balaban J connectivity index is 0.00000320. The lowest BCUT2D eigenvalue weighted by molar-refractivity contribution is -0.141. The van der Waals surface area contributed by atoms with Crippen molar-refractivity contribution < 1.29 is 24.7 Å². The Bertz CT molecular complexity index is 799. The van der Waals surface area contributed by atoms with E-state index in [4.69, 9.17) is 5.73 Å². The largest absolute Gasteiger partial charge is 0.412 e. The molecule has 0 radical (unpaired) electrons. The predicted molar refractivity (Wildman–Crippen MR) is 110 cm³/mol. The molecule has 3 heterocycles. The number of likely N-dealkylation sites (tertiary alicyclic amines) is 1. The van der Waals surface area contributed by atoms with Crippen molar-refractivity contribution in [3.8, 4) is 0 Å². The van der Waals surface area contributed by atoms with Crippen LogP contribution in [0, 0.1) is 0 Å². The summed E-state index contributed by atoms with van der Waals surface area (Å²) in [6, 6.07) is -2.39. The molecule has 30 heavy (non-hydrogen) atoms. The van der Waals surface area contributed by atoms with Crippen molar-refractivity contribution in [2.24, 2.45) is 5.73 Å². The van der Waals surface area contributed by atoms with E-state index in [2.05, 4.69) is 20.6 Å². The highest BCUT2D eigenvalue weighted by atomic mass is 32.2. The van der Waals surface area contributed by atoms with Crippen LogP contribution in [0.4, 0.5) is 0 Å². The van der Waals surface area contributed by atoms with Gasteiger partial charge < -0.3 is 31.7 Å². The number of carbonyl (C=O) groups excluding carboxylic acids is 4. The van der Waals surface area contributed by atoms with Gasteiger partial charge in [0.25, 0.3) is 0 Å². The van der Waals surface area contributed by atoms with Gasteiger partial charge >= 0.3 is 0 Å². The summed E-state index contributed by atoms with van der Waals surface area (Å²) in [4.78, 5) is 58.1. The SMILES string of the molecule is CC1(C)SCC(=O)NC1C(=O)N[C@@H](Cc1c[nH]cn1)C(=O)N1CCC[C@H]1C(N)=O.O. The minimum Gasteiger partial charge on any atom is -0.412 e. The van der Waals surface area contributed by atoms with Crippen molar-refractivity contribution in [1.29, 1.82) is 0 Å². The number of hydrogen-bond acceptors (Lipinski definition) is 6. The molecule has 0 spiro atoms. The second-order valence-corrected chi connectivity index (χ2v) is 9.44. The van der Waals surface area contributed by atoms with Crippen molar-refractivity contribution >= 4 is 35.4 Å². The number of rotatable bonds is 6. The number of nitrogens with two attached hydrogens (primary N) is 1. The Labute approximate surface area is 178 Å². The first-order valence-corrected chi connectivity index (χ1v) is 10.5. The van der Waals surface area contributed by atoms with E-state index in [-0.39, 0.29) is 29.5 Å². The maximum absolute atomic E-state index is 13.2. The fourth-order valence-corrected chi connectivity index (χ4v) is 4.60. The maximum Gasteiger partial charge on any atom is 0.246 e. The third kappa shape index (κ3) is 5.11. The normalized spacial score (nSPS) is 23.8. The van der Waals surface area contributed by atoms with Gasteiger partial charge in [-0.05, 0) is 26.7 Å². The van der Waals surface area contributed by atoms with Crippen molar-refractivity contribution in [1.82, 2.24) is 25.5 Å². The number of nitrogens with one attached hydrogen (secondary N) is 3. The molecule has 166 valence electrons. The molecule has 3 atom stereocenters. The molecule has 2 aliphatic heterocycles. The van der Waals surface area contributed by atoms with Crippen LogP contribution < -0.4 is 16.4 Å². The molecule has 2 saturated heterocycles. The molecule has 0 aromatic carbocycles. The average molecular weight is 441 g/mol. The van der Waals surface area contributed by atoms with Crippen LogP contribution in [0.25, 0.3) is 0 Å². The summed E-state index contributed by atoms with van der Waals surface area (Å²) < 4.78 is -0.526. The van der Waals surface area contributed by atoms with E-state index in [1.807, 2.05) is 13.8 Å². The van der Waals surface area contributed by atoms with Crippen molar-refractivity contribution in [2.45, 2.75) is 56.0 Å². The fourth-order valence-electron chi connectivity index (χ4n) is 3.69. The number of H-pyrrole nitrogens is 1. The van der Waals surface area contributed by atoms with E-state index >= 15 is 0 Å². The molecule has 1 aromatic heterocycles. The number of nitrogens with zero attached hydrogens (tertiary/aromatic N) is 2. The first kappa shape index (κ1) is 23.7. The molecule has 11 nitrogen and oxygen atoms in total. The molecule has 0 aliphatic carbocycles. The molecule has 3 rings (SSSR count). The molecule has 1 aromatic rings. The van der Waals surface area contributed by atoms with Crippen LogP contribution >= 0.6 is 11.8 Å². The third-order valence-electron chi connectivity index (χ3n) is 5.28. The smallest absolute Gasteiger partial charge is 0.246 e. The molecule has 2 aliphatic rings.